The van der Waals surface area contributed by atoms with Crippen molar-refractivity contribution in [3.8, 4) is 0 Å². The first-order chi connectivity index (χ1) is 8.06. The van der Waals surface area contributed by atoms with Crippen molar-refractivity contribution < 1.29 is 20.1 Å². The molecule has 1 aromatic heterocycles. The minimum Gasteiger partial charge on any atom is -0.394 e. The van der Waals surface area contributed by atoms with Gasteiger partial charge < -0.3 is 20.6 Å². The number of carbonyl (C=O) groups excluding carboxylic acids is 1. The van der Waals surface area contributed by atoms with Crippen molar-refractivity contribution >= 4 is 21.8 Å². The monoisotopic (exact) mass is 304 g/mol. The maximum Gasteiger partial charge on any atom is 0.270 e. The second kappa shape index (κ2) is 6.06. The van der Waals surface area contributed by atoms with Crippen LogP contribution in [0.15, 0.2) is 22.8 Å². The summed E-state index contributed by atoms with van der Waals surface area (Å²) in [6.45, 7) is -1.71. The van der Waals surface area contributed by atoms with Gasteiger partial charge in [0.2, 0.25) is 0 Å². The lowest BCUT2D eigenvalue weighted by Crippen LogP contribution is -2.57. The van der Waals surface area contributed by atoms with Gasteiger partial charge in [-0.25, -0.2) is 4.98 Å². The van der Waals surface area contributed by atoms with Crippen molar-refractivity contribution in [3.05, 3.63) is 28.5 Å². The second-order valence-corrected chi connectivity index (χ2v) is 4.37. The molecule has 6 nitrogen and oxygen atoms in total. The number of aliphatic hydroxyl groups is 3. The number of aliphatic hydroxyl groups excluding tert-OH is 3. The van der Waals surface area contributed by atoms with Gasteiger partial charge in [-0.3, -0.25) is 4.79 Å². The van der Waals surface area contributed by atoms with Crippen LogP contribution >= 0.6 is 15.9 Å². The van der Waals surface area contributed by atoms with E-state index in [9.17, 15) is 4.79 Å². The van der Waals surface area contributed by atoms with E-state index in [0.29, 0.717) is 4.60 Å². The molecule has 0 atom stereocenters. The van der Waals surface area contributed by atoms with Crippen LogP contribution in [0.25, 0.3) is 0 Å². The highest BCUT2D eigenvalue weighted by molar-refractivity contribution is 9.10. The molecule has 4 N–H and O–H groups in total. The number of halogens is 1. The number of pyridine rings is 1. The molecular formula is C10H13BrN2O4. The number of amides is 1. The van der Waals surface area contributed by atoms with Crippen LogP contribution < -0.4 is 5.32 Å². The molecule has 1 aromatic rings. The number of carbonyl (C=O) groups is 1. The average molecular weight is 305 g/mol. The number of nitrogens with one attached hydrogen (secondary N) is 1. The highest BCUT2D eigenvalue weighted by Gasteiger charge is 2.30. The van der Waals surface area contributed by atoms with Gasteiger partial charge in [-0.05, 0) is 28.1 Å². The molecule has 0 saturated carbocycles. The molecule has 0 bridgehead atoms. The van der Waals surface area contributed by atoms with E-state index in [4.69, 9.17) is 15.3 Å². The maximum atomic E-state index is 11.8. The van der Waals surface area contributed by atoms with Gasteiger partial charge in [0.05, 0.1) is 19.8 Å². The number of nitrogens with zero attached hydrogens (tertiary/aromatic N) is 1. The molecule has 94 valence electrons. The molecular weight excluding hydrogens is 292 g/mol. The van der Waals surface area contributed by atoms with E-state index < -0.39 is 31.3 Å². The molecule has 17 heavy (non-hydrogen) atoms. The molecule has 0 saturated heterocycles. The SMILES string of the molecule is O=C(NC(CO)(CO)CO)c1cccc(Br)n1. The molecule has 1 rings (SSSR count). The van der Waals surface area contributed by atoms with Gasteiger partial charge in [0.25, 0.3) is 5.91 Å². The summed E-state index contributed by atoms with van der Waals surface area (Å²) in [6, 6.07) is 4.77. The van der Waals surface area contributed by atoms with Crippen LogP contribution in [0.5, 0.6) is 0 Å². The van der Waals surface area contributed by atoms with Gasteiger partial charge in [-0.1, -0.05) is 6.07 Å². The molecule has 0 unspecified atom stereocenters. The lowest BCUT2D eigenvalue weighted by atomic mass is 10.0. The van der Waals surface area contributed by atoms with Crippen LogP contribution in [0.1, 0.15) is 10.5 Å². The van der Waals surface area contributed by atoms with Crippen molar-refractivity contribution in [3.63, 3.8) is 0 Å². The molecule has 0 aromatic carbocycles. The summed E-state index contributed by atoms with van der Waals surface area (Å²) in [5.41, 5.74) is -1.32. The zero-order chi connectivity index (χ0) is 12.9. The van der Waals surface area contributed by atoms with Gasteiger partial charge in [0, 0.05) is 0 Å². The first kappa shape index (κ1) is 14.0. The third-order valence-corrected chi connectivity index (χ3v) is 2.68. The quantitative estimate of drug-likeness (QED) is 0.538. The fourth-order valence-corrected chi connectivity index (χ4v) is 1.45. The van der Waals surface area contributed by atoms with E-state index in [1.165, 1.54) is 6.07 Å². The first-order valence-electron chi connectivity index (χ1n) is 4.84. The molecule has 0 aliphatic rings. The van der Waals surface area contributed by atoms with E-state index in [2.05, 4.69) is 26.2 Å². The molecule has 0 spiro atoms. The van der Waals surface area contributed by atoms with E-state index in [1.807, 2.05) is 0 Å². The van der Waals surface area contributed by atoms with E-state index in [-0.39, 0.29) is 5.69 Å². The number of hydrogen-bond acceptors (Lipinski definition) is 5. The summed E-state index contributed by atoms with van der Waals surface area (Å²) in [4.78, 5) is 15.7. The van der Waals surface area contributed by atoms with E-state index in [1.54, 1.807) is 12.1 Å². The fraction of sp³-hybridized carbons (Fsp3) is 0.400. The summed E-state index contributed by atoms with van der Waals surface area (Å²) < 4.78 is 0.493. The lowest BCUT2D eigenvalue weighted by molar-refractivity contribution is 0.0373. The summed E-state index contributed by atoms with van der Waals surface area (Å²) in [7, 11) is 0. The van der Waals surface area contributed by atoms with Crippen LogP contribution in [0.2, 0.25) is 0 Å². The highest BCUT2D eigenvalue weighted by Crippen LogP contribution is 2.08. The predicted octanol–water partition coefficient (Wildman–Crippen LogP) is -0.710. The predicted molar refractivity (Wildman–Crippen MR) is 63.4 cm³/mol. The van der Waals surface area contributed by atoms with Crippen LogP contribution in [0.3, 0.4) is 0 Å². The summed E-state index contributed by atoms with van der Waals surface area (Å²) in [5.74, 6) is -0.580. The summed E-state index contributed by atoms with van der Waals surface area (Å²) in [6.07, 6.45) is 0. The maximum absolute atomic E-state index is 11.8. The van der Waals surface area contributed by atoms with Crippen LogP contribution in [-0.4, -0.2) is 51.6 Å². The Bertz CT molecular complexity index is 387. The van der Waals surface area contributed by atoms with Crippen molar-refractivity contribution in [1.82, 2.24) is 10.3 Å². The topological polar surface area (TPSA) is 103 Å². The molecule has 0 aliphatic carbocycles. The Balaban J connectivity index is 2.84. The number of rotatable bonds is 5. The Morgan fingerprint density at radius 2 is 1.88 bits per heavy atom. The first-order valence-corrected chi connectivity index (χ1v) is 5.64. The van der Waals surface area contributed by atoms with Crippen molar-refractivity contribution in [2.45, 2.75) is 5.54 Å². The normalized spacial score (nSPS) is 11.3. The lowest BCUT2D eigenvalue weighted by Gasteiger charge is -2.28. The van der Waals surface area contributed by atoms with E-state index >= 15 is 0 Å². The zero-order valence-electron chi connectivity index (χ0n) is 8.93. The zero-order valence-corrected chi connectivity index (χ0v) is 10.5. The van der Waals surface area contributed by atoms with Gasteiger partial charge in [-0.2, -0.15) is 0 Å². The third-order valence-electron chi connectivity index (χ3n) is 2.23. The largest absolute Gasteiger partial charge is 0.394 e. The van der Waals surface area contributed by atoms with Crippen molar-refractivity contribution in [1.29, 1.82) is 0 Å². The minimum atomic E-state index is -1.44. The summed E-state index contributed by atoms with van der Waals surface area (Å²) in [5, 5.41) is 29.5. The molecule has 1 heterocycles. The Morgan fingerprint density at radius 1 is 1.29 bits per heavy atom. The van der Waals surface area contributed by atoms with Crippen LogP contribution in [0, 0.1) is 0 Å². The van der Waals surface area contributed by atoms with Gasteiger partial charge in [-0.15, -0.1) is 0 Å². The van der Waals surface area contributed by atoms with Crippen molar-refractivity contribution in [2.24, 2.45) is 0 Å². The molecule has 0 fully saturated rings. The Labute approximate surface area is 106 Å². The Morgan fingerprint density at radius 3 is 2.35 bits per heavy atom. The smallest absolute Gasteiger partial charge is 0.270 e. The number of aromatic nitrogens is 1. The highest BCUT2D eigenvalue weighted by atomic mass is 79.9. The Hall–Kier alpha value is -1.02. The standard InChI is InChI=1S/C10H13BrN2O4/c11-8-3-1-2-7(12-8)9(17)13-10(4-14,5-15)6-16/h1-3,14-16H,4-6H2,(H,13,17). The van der Waals surface area contributed by atoms with Gasteiger partial charge >= 0.3 is 0 Å². The molecule has 0 aliphatic heterocycles. The fourth-order valence-electron chi connectivity index (χ4n) is 1.11. The number of hydrogen-bond donors (Lipinski definition) is 4. The van der Waals surface area contributed by atoms with Crippen LogP contribution in [-0.2, 0) is 0 Å². The average Bonchev–Trinajstić information content (AvgIpc) is 2.36. The molecule has 7 heteroatoms. The Kier molecular flexibility index (Phi) is 5.01. The van der Waals surface area contributed by atoms with E-state index in [0.717, 1.165) is 0 Å². The third kappa shape index (κ3) is 3.47. The summed E-state index contributed by atoms with van der Waals surface area (Å²) >= 11 is 3.12. The van der Waals surface area contributed by atoms with Crippen molar-refractivity contribution in [2.75, 3.05) is 19.8 Å². The van der Waals surface area contributed by atoms with Gasteiger partial charge in [0.1, 0.15) is 15.8 Å². The molecule has 1 amide bonds. The second-order valence-electron chi connectivity index (χ2n) is 3.55. The van der Waals surface area contributed by atoms with Crippen LogP contribution in [0.4, 0.5) is 0 Å². The van der Waals surface area contributed by atoms with Gasteiger partial charge in [0.15, 0.2) is 0 Å². The molecule has 0 radical (unpaired) electrons. The minimum absolute atomic E-state index is 0.124.